The Morgan fingerprint density at radius 3 is 2.55 bits per heavy atom. The first-order valence-corrected chi connectivity index (χ1v) is 15.0. The molecule has 0 radical (unpaired) electrons. The van der Waals surface area contributed by atoms with Crippen LogP contribution in [0.3, 0.4) is 0 Å². The summed E-state index contributed by atoms with van der Waals surface area (Å²) in [5, 5.41) is 23.7. The smallest absolute Gasteiger partial charge is 0.223 e. The van der Waals surface area contributed by atoms with Gasteiger partial charge in [0.2, 0.25) is 5.95 Å². The van der Waals surface area contributed by atoms with E-state index in [2.05, 4.69) is 20.2 Å². The molecule has 9 nitrogen and oxygen atoms in total. The van der Waals surface area contributed by atoms with Crippen LogP contribution in [0.1, 0.15) is 69.7 Å². The Labute approximate surface area is 243 Å². The number of rotatable bonds is 6. The van der Waals surface area contributed by atoms with Crippen LogP contribution in [0.25, 0.3) is 22.2 Å². The molecular weight excluding hydrogens is 544 g/mol. The number of fused-ring (bicyclic) bond motifs is 3. The fraction of sp³-hybridized carbons (Fsp3) is 0.581. The molecule has 0 aliphatic carbocycles. The number of ether oxygens (including phenoxy) is 1. The molecule has 3 saturated heterocycles. The minimum absolute atomic E-state index is 0.0268. The van der Waals surface area contributed by atoms with E-state index in [1.807, 2.05) is 18.4 Å². The number of piperidine rings is 2. The normalized spacial score (nSPS) is 26.6. The Morgan fingerprint density at radius 2 is 1.86 bits per heavy atom. The van der Waals surface area contributed by atoms with Crippen LogP contribution in [-0.4, -0.2) is 73.2 Å². The van der Waals surface area contributed by atoms with Crippen molar-refractivity contribution in [3.8, 4) is 11.3 Å². The number of pyridine rings is 1. The van der Waals surface area contributed by atoms with Crippen molar-refractivity contribution in [3.63, 3.8) is 0 Å². The topological polar surface area (TPSA) is 113 Å². The van der Waals surface area contributed by atoms with E-state index in [1.165, 1.54) is 0 Å². The van der Waals surface area contributed by atoms with Crippen LogP contribution in [0.4, 0.5) is 14.7 Å². The zero-order valence-corrected chi connectivity index (χ0v) is 24.3. The van der Waals surface area contributed by atoms with Gasteiger partial charge in [-0.1, -0.05) is 6.42 Å². The number of nitrogens with zero attached hydrogens (tertiary/aromatic N) is 4. The number of halogens is 2. The first-order chi connectivity index (χ1) is 20.1. The van der Waals surface area contributed by atoms with Gasteiger partial charge in [-0.05, 0) is 65.0 Å². The maximum absolute atomic E-state index is 15.8. The van der Waals surface area contributed by atoms with Crippen molar-refractivity contribution >= 4 is 16.9 Å². The van der Waals surface area contributed by atoms with Crippen molar-refractivity contribution in [1.29, 1.82) is 0 Å². The molecule has 0 spiro atoms. The largest absolute Gasteiger partial charge is 0.393 e. The second-order valence-electron chi connectivity index (χ2n) is 12.3. The van der Waals surface area contributed by atoms with Crippen LogP contribution in [0.5, 0.6) is 0 Å². The van der Waals surface area contributed by atoms with Crippen LogP contribution < -0.4 is 10.7 Å². The van der Waals surface area contributed by atoms with Crippen LogP contribution in [0, 0.1) is 18.6 Å². The molecule has 0 amide bonds. The minimum atomic E-state index is -0.765. The van der Waals surface area contributed by atoms with Crippen molar-refractivity contribution < 1.29 is 23.7 Å². The zero-order valence-electron chi connectivity index (χ0n) is 24.3. The van der Waals surface area contributed by atoms with E-state index in [-0.39, 0.29) is 64.9 Å². The fourth-order valence-corrected chi connectivity index (χ4v) is 7.15. The van der Waals surface area contributed by atoms with E-state index < -0.39 is 17.7 Å². The van der Waals surface area contributed by atoms with Gasteiger partial charge in [-0.2, -0.15) is 0 Å². The summed E-state index contributed by atoms with van der Waals surface area (Å²) in [6.07, 6.45) is 5.02. The Kier molecular flexibility index (Phi) is 8.03. The number of hydrogen-bond acceptors (Lipinski definition) is 8. The Balaban J connectivity index is 1.45. The van der Waals surface area contributed by atoms with Crippen molar-refractivity contribution in [1.82, 2.24) is 19.4 Å². The SMILES string of the molecule is Cc1c(CN2C3CCCC2CC(O)C3)n(C(C)C)c2cc(-c3nc(N[C@@H]4CCOC[C@H]4O)ncc3F)cc(F)c2c1=O. The summed E-state index contributed by atoms with van der Waals surface area (Å²) in [6, 6.07) is 2.78. The molecule has 2 bridgehead atoms. The van der Waals surface area contributed by atoms with Crippen molar-refractivity contribution in [2.24, 2.45) is 0 Å². The van der Waals surface area contributed by atoms with E-state index in [4.69, 9.17) is 4.74 Å². The summed E-state index contributed by atoms with van der Waals surface area (Å²) >= 11 is 0. The van der Waals surface area contributed by atoms with Gasteiger partial charge in [0, 0.05) is 48.1 Å². The number of aromatic nitrogens is 3. The lowest BCUT2D eigenvalue weighted by atomic mass is 9.82. The molecule has 1 aromatic carbocycles. The van der Waals surface area contributed by atoms with Crippen molar-refractivity contribution in [2.75, 3.05) is 18.5 Å². The van der Waals surface area contributed by atoms with E-state index in [0.717, 1.165) is 37.2 Å². The molecule has 0 saturated carbocycles. The highest BCUT2D eigenvalue weighted by Gasteiger charge is 2.38. The molecular formula is C31H39F2N5O4. The molecule has 3 aliphatic heterocycles. The Bertz CT molecular complexity index is 1530. The second kappa shape index (κ2) is 11.6. The number of aliphatic hydroxyl groups is 2. The molecule has 11 heteroatoms. The van der Waals surface area contributed by atoms with Crippen LogP contribution in [0.15, 0.2) is 23.1 Å². The van der Waals surface area contributed by atoms with E-state index in [1.54, 1.807) is 13.0 Å². The lowest BCUT2D eigenvalue weighted by molar-refractivity contribution is -0.0325. The highest BCUT2D eigenvalue weighted by molar-refractivity contribution is 5.86. The first-order valence-electron chi connectivity index (χ1n) is 15.0. The van der Waals surface area contributed by atoms with Gasteiger partial charge in [-0.15, -0.1) is 0 Å². The maximum Gasteiger partial charge on any atom is 0.223 e. The number of hydrogen-bond donors (Lipinski definition) is 3. The quantitative estimate of drug-likeness (QED) is 0.398. The molecule has 3 aromatic rings. The standard InChI is InChI=1S/C31H39F2N5O4/c1-16(2)38-25-10-18(29-23(33)13-34-31(36-29)35-24-7-8-42-15-27(24)40)9-22(32)28(25)30(41)17(3)26(38)14-37-19-5-4-6-20(37)12-21(39)11-19/h9-10,13,16,19-21,24,27,39-40H,4-8,11-12,14-15H2,1-3H3,(H,34,35,36)/t19?,20?,21?,24-,27-/m1/s1. The highest BCUT2D eigenvalue weighted by atomic mass is 19.1. The Morgan fingerprint density at radius 1 is 1.12 bits per heavy atom. The van der Waals surface area contributed by atoms with Crippen molar-refractivity contribution in [2.45, 2.75) is 102 Å². The first kappa shape index (κ1) is 29.1. The third-order valence-electron chi connectivity index (χ3n) is 9.23. The average Bonchev–Trinajstić information content (AvgIpc) is 2.93. The number of benzene rings is 1. The lowest BCUT2D eigenvalue weighted by Gasteiger charge is -2.48. The third kappa shape index (κ3) is 5.32. The number of nitrogens with one attached hydrogen (secondary N) is 1. The van der Waals surface area contributed by atoms with Gasteiger partial charge in [0.15, 0.2) is 11.2 Å². The number of anilines is 1. The van der Waals surface area contributed by atoms with E-state index >= 15 is 8.78 Å². The summed E-state index contributed by atoms with van der Waals surface area (Å²) < 4.78 is 38.2. The van der Waals surface area contributed by atoms with E-state index in [9.17, 15) is 15.0 Å². The summed E-state index contributed by atoms with van der Waals surface area (Å²) in [5.41, 5.74) is 1.42. The highest BCUT2D eigenvalue weighted by Crippen LogP contribution is 2.37. The third-order valence-corrected chi connectivity index (χ3v) is 9.23. The van der Waals surface area contributed by atoms with Crippen LogP contribution in [-0.2, 0) is 11.3 Å². The second-order valence-corrected chi connectivity index (χ2v) is 12.3. The van der Waals surface area contributed by atoms with Crippen LogP contribution >= 0.6 is 0 Å². The summed E-state index contributed by atoms with van der Waals surface area (Å²) in [6.45, 7) is 6.90. The Hall–Kier alpha value is -2.99. The fourth-order valence-electron chi connectivity index (χ4n) is 7.15. The number of aliphatic hydroxyl groups excluding tert-OH is 2. The van der Waals surface area contributed by atoms with Gasteiger partial charge in [-0.25, -0.2) is 18.7 Å². The molecule has 6 rings (SSSR count). The van der Waals surface area contributed by atoms with Gasteiger partial charge >= 0.3 is 0 Å². The zero-order chi connectivity index (χ0) is 29.7. The summed E-state index contributed by atoms with van der Waals surface area (Å²) in [5.74, 6) is -1.35. The lowest BCUT2D eigenvalue weighted by Crippen LogP contribution is -2.53. The van der Waals surface area contributed by atoms with Gasteiger partial charge in [0.25, 0.3) is 0 Å². The summed E-state index contributed by atoms with van der Waals surface area (Å²) in [7, 11) is 0. The molecule has 2 aromatic heterocycles. The molecule has 226 valence electrons. The predicted octanol–water partition coefficient (Wildman–Crippen LogP) is 4.07. The average molecular weight is 584 g/mol. The molecule has 2 unspecified atom stereocenters. The summed E-state index contributed by atoms with van der Waals surface area (Å²) in [4.78, 5) is 24.5. The van der Waals surface area contributed by atoms with Gasteiger partial charge in [-0.3, -0.25) is 9.69 Å². The van der Waals surface area contributed by atoms with E-state index in [0.29, 0.717) is 43.5 Å². The molecule has 5 heterocycles. The predicted molar refractivity (Wildman–Crippen MR) is 155 cm³/mol. The molecule has 3 N–H and O–H groups in total. The van der Waals surface area contributed by atoms with Gasteiger partial charge < -0.3 is 24.8 Å². The molecule has 42 heavy (non-hydrogen) atoms. The molecule has 3 aliphatic rings. The monoisotopic (exact) mass is 583 g/mol. The molecule has 3 fully saturated rings. The maximum atomic E-state index is 15.8. The van der Waals surface area contributed by atoms with Crippen LogP contribution in [0.2, 0.25) is 0 Å². The van der Waals surface area contributed by atoms with Gasteiger partial charge in [0.05, 0.1) is 42.0 Å². The molecule has 4 atom stereocenters. The van der Waals surface area contributed by atoms with Gasteiger partial charge in [0.1, 0.15) is 11.5 Å². The van der Waals surface area contributed by atoms with Crippen molar-refractivity contribution in [3.05, 3.63) is 51.4 Å². The minimum Gasteiger partial charge on any atom is -0.393 e.